The maximum atomic E-state index is 2.57. The van der Waals surface area contributed by atoms with Crippen LogP contribution in [0.15, 0.2) is 60.7 Å². The van der Waals surface area contributed by atoms with E-state index in [0.29, 0.717) is 0 Å². The molecule has 19 heavy (non-hydrogen) atoms. The number of allylic oxidation sites excluding steroid dienone is 1. The fourth-order valence-corrected chi connectivity index (χ4v) is 12.1. The van der Waals surface area contributed by atoms with Crippen molar-refractivity contribution < 1.29 is 22.4 Å². The van der Waals surface area contributed by atoms with Gasteiger partial charge in [-0.15, -0.1) is 0 Å². The van der Waals surface area contributed by atoms with Gasteiger partial charge in [0.05, 0.1) is 0 Å². The Kier molecular flexibility index (Phi) is 4.00. The van der Waals surface area contributed by atoms with Crippen LogP contribution in [-0.4, -0.2) is 5.92 Å². The van der Waals surface area contributed by atoms with Gasteiger partial charge in [0.2, 0.25) is 0 Å². The molecule has 0 amide bonds. The van der Waals surface area contributed by atoms with Gasteiger partial charge < -0.3 is 0 Å². The normalized spacial score (nSPS) is 17.2. The first-order valence-electron chi connectivity index (χ1n) is 6.88. The van der Waals surface area contributed by atoms with E-state index >= 15 is 0 Å². The van der Waals surface area contributed by atoms with Gasteiger partial charge in [-0.2, -0.15) is 0 Å². The molecule has 1 aliphatic rings. The van der Waals surface area contributed by atoms with Crippen molar-refractivity contribution in [3.63, 3.8) is 0 Å². The van der Waals surface area contributed by atoms with Crippen LogP contribution in [0.5, 0.6) is 0 Å². The fraction of sp³-hybridized carbons (Fsp3) is 0.176. The SMILES string of the molecule is C[SiH](C)[Zr][CH]1C=C(c2ccccc2)c2ccccc21. The molecule has 0 nitrogen and oxygen atoms in total. The summed E-state index contributed by atoms with van der Waals surface area (Å²) < 4.78 is 0.807. The zero-order chi connectivity index (χ0) is 13.2. The Bertz CT molecular complexity index is 602. The van der Waals surface area contributed by atoms with Crippen molar-refractivity contribution in [3.05, 3.63) is 77.4 Å². The van der Waals surface area contributed by atoms with Crippen LogP contribution in [0.2, 0.25) is 13.1 Å². The number of hydrogen-bond acceptors (Lipinski definition) is 0. The van der Waals surface area contributed by atoms with Crippen molar-refractivity contribution in [2.75, 3.05) is 0 Å². The van der Waals surface area contributed by atoms with Gasteiger partial charge in [0, 0.05) is 0 Å². The van der Waals surface area contributed by atoms with Crippen molar-refractivity contribution in [1.29, 1.82) is 0 Å². The number of rotatable bonds is 3. The van der Waals surface area contributed by atoms with E-state index < -0.39 is 0 Å². The third kappa shape index (κ3) is 2.75. The first-order valence-corrected chi connectivity index (χ1v) is 15.4. The van der Waals surface area contributed by atoms with Gasteiger partial charge >= 0.3 is 128 Å². The average Bonchev–Trinajstić information content (AvgIpc) is 2.78. The predicted molar refractivity (Wildman–Crippen MR) is 81.6 cm³/mol. The van der Waals surface area contributed by atoms with Crippen LogP contribution >= 0.6 is 0 Å². The topological polar surface area (TPSA) is 0 Å². The van der Waals surface area contributed by atoms with Gasteiger partial charge in [-0.1, -0.05) is 0 Å². The predicted octanol–water partition coefficient (Wildman–Crippen LogP) is 4.24. The van der Waals surface area contributed by atoms with Gasteiger partial charge in [-0.3, -0.25) is 0 Å². The second-order valence-corrected chi connectivity index (χ2v) is 20.5. The van der Waals surface area contributed by atoms with Crippen LogP contribution in [0, 0.1) is 0 Å². The number of fused-ring (bicyclic) bond motifs is 1. The van der Waals surface area contributed by atoms with E-state index in [1.165, 1.54) is 16.7 Å². The van der Waals surface area contributed by atoms with E-state index in [9.17, 15) is 0 Å². The van der Waals surface area contributed by atoms with Gasteiger partial charge in [0.15, 0.2) is 0 Å². The summed E-state index contributed by atoms with van der Waals surface area (Å²) in [7, 11) is 0. The van der Waals surface area contributed by atoms with E-state index in [2.05, 4.69) is 73.8 Å². The molecule has 0 heterocycles. The van der Waals surface area contributed by atoms with Crippen LogP contribution < -0.4 is 0 Å². The molecular weight excluding hydrogens is 323 g/mol. The summed E-state index contributed by atoms with van der Waals surface area (Å²) in [6.45, 7) is 5.03. The van der Waals surface area contributed by atoms with Crippen LogP contribution in [0.25, 0.3) is 5.57 Å². The molecule has 1 atom stereocenters. The van der Waals surface area contributed by atoms with E-state index in [-0.39, 0.29) is 28.3 Å². The van der Waals surface area contributed by atoms with Gasteiger partial charge in [-0.05, 0) is 0 Å². The van der Waals surface area contributed by atoms with Crippen molar-refractivity contribution in [1.82, 2.24) is 0 Å². The second kappa shape index (κ2) is 5.73. The first-order chi connectivity index (χ1) is 9.25. The molecule has 94 valence electrons. The molecule has 0 aliphatic heterocycles. The Morgan fingerprint density at radius 2 is 1.58 bits per heavy atom. The summed E-state index contributed by atoms with van der Waals surface area (Å²) in [4.78, 5) is 0. The third-order valence-electron chi connectivity index (χ3n) is 3.52. The Morgan fingerprint density at radius 1 is 0.895 bits per heavy atom. The molecule has 1 unspecified atom stereocenters. The van der Waals surface area contributed by atoms with Crippen molar-refractivity contribution in [3.8, 4) is 0 Å². The first kappa shape index (κ1) is 13.3. The van der Waals surface area contributed by atoms with Gasteiger partial charge in [0.1, 0.15) is 0 Å². The van der Waals surface area contributed by atoms with Gasteiger partial charge in [0.25, 0.3) is 0 Å². The van der Waals surface area contributed by atoms with Crippen LogP contribution in [0.3, 0.4) is 0 Å². The van der Waals surface area contributed by atoms with Crippen molar-refractivity contribution in [2.24, 2.45) is 0 Å². The Hall–Kier alpha value is -0.720. The molecule has 0 spiro atoms. The average molecular weight is 342 g/mol. The van der Waals surface area contributed by atoms with Crippen molar-refractivity contribution >= 4 is 11.5 Å². The molecule has 3 rings (SSSR count). The summed E-state index contributed by atoms with van der Waals surface area (Å²) in [5, 5.41) is 0. The summed E-state index contributed by atoms with van der Waals surface area (Å²) >= 11 is -0.258. The molecule has 0 bridgehead atoms. The Labute approximate surface area is 127 Å². The van der Waals surface area contributed by atoms with Crippen LogP contribution in [0.1, 0.15) is 20.3 Å². The molecule has 0 radical (unpaired) electrons. The maximum absolute atomic E-state index is 2.57. The summed E-state index contributed by atoms with van der Waals surface area (Å²) in [5.41, 5.74) is 5.93. The van der Waals surface area contributed by atoms with Crippen molar-refractivity contribution in [2.45, 2.75) is 16.7 Å². The minimum atomic E-state index is -0.378. The molecule has 0 fully saturated rings. The molecule has 0 aromatic heterocycles. The van der Waals surface area contributed by atoms with E-state index in [0.717, 1.165) is 3.63 Å². The molecule has 0 saturated carbocycles. The second-order valence-electron chi connectivity index (χ2n) is 5.33. The number of benzene rings is 2. The van der Waals surface area contributed by atoms with Crippen LogP contribution in [-0.2, 0) is 22.4 Å². The molecule has 2 aromatic carbocycles. The Morgan fingerprint density at radius 3 is 2.32 bits per heavy atom. The molecule has 1 aliphatic carbocycles. The standard InChI is InChI=1S/C15H11.C2H7Si.Zr/c1-2-6-12(7-3-1)15-11-10-13-8-4-5-9-14(13)15;1-3-2;/h1-11H;3H,1-2H3;. The summed E-state index contributed by atoms with van der Waals surface area (Å²) in [6, 6.07) is 19.9. The third-order valence-corrected chi connectivity index (χ3v) is 13.3. The Balaban J connectivity index is 2.05. The summed E-state index contributed by atoms with van der Waals surface area (Å²) in [6.07, 6.45) is 2.57. The van der Waals surface area contributed by atoms with E-state index in [1.54, 1.807) is 5.56 Å². The molecular formula is C17H18SiZr. The molecule has 2 aromatic rings. The van der Waals surface area contributed by atoms with Gasteiger partial charge in [-0.25, -0.2) is 0 Å². The number of hydrogen-bond donors (Lipinski definition) is 0. The molecule has 0 saturated heterocycles. The zero-order valence-corrected chi connectivity index (χ0v) is 15.0. The van der Waals surface area contributed by atoms with Crippen LogP contribution in [0.4, 0.5) is 0 Å². The van der Waals surface area contributed by atoms with E-state index in [4.69, 9.17) is 0 Å². The zero-order valence-electron chi connectivity index (χ0n) is 11.4. The minimum absolute atomic E-state index is 0.258. The quantitative estimate of drug-likeness (QED) is 0.733. The monoisotopic (exact) mass is 340 g/mol. The summed E-state index contributed by atoms with van der Waals surface area (Å²) in [5.74, 6) is -0.378. The molecule has 0 N–H and O–H groups in total. The fourth-order valence-electron chi connectivity index (χ4n) is 2.73. The molecule has 2 heteroatoms. The van der Waals surface area contributed by atoms with E-state index in [1.807, 2.05) is 0 Å².